The van der Waals surface area contributed by atoms with E-state index < -0.39 is 0 Å². The summed E-state index contributed by atoms with van der Waals surface area (Å²) in [5.41, 5.74) is 4.73. The van der Waals surface area contributed by atoms with Crippen molar-refractivity contribution in [1.82, 2.24) is 4.98 Å². The number of phenols is 1. The Morgan fingerprint density at radius 3 is 2.33 bits per heavy atom. The van der Waals surface area contributed by atoms with Gasteiger partial charge in [-0.3, -0.25) is 5.32 Å². The molecule has 0 unspecified atom stereocenters. The number of aryl methyl sites for hydroxylation is 1. The fourth-order valence-corrected chi connectivity index (χ4v) is 3.67. The zero-order valence-corrected chi connectivity index (χ0v) is 17.9. The van der Waals surface area contributed by atoms with Crippen LogP contribution in [0.2, 0.25) is 0 Å². The molecule has 0 saturated heterocycles. The number of rotatable bonds is 4. The Morgan fingerprint density at radius 1 is 0.933 bits per heavy atom. The maximum atomic E-state index is 11.2. The van der Waals surface area contributed by atoms with Crippen molar-refractivity contribution in [3.63, 3.8) is 0 Å². The topological polar surface area (TPSA) is 59.3 Å². The average Bonchev–Trinajstić information content (AvgIpc) is 2.73. The smallest absolute Gasteiger partial charge is 0.272 e. The molecule has 0 bridgehead atoms. The first-order valence-electron chi connectivity index (χ1n) is 10.3. The van der Waals surface area contributed by atoms with Gasteiger partial charge in [0.25, 0.3) is 5.82 Å². The van der Waals surface area contributed by atoms with Crippen LogP contribution in [0.25, 0.3) is 10.9 Å². The van der Waals surface area contributed by atoms with Gasteiger partial charge in [0.2, 0.25) is 0 Å². The normalized spacial score (nSPS) is 12.7. The molecule has 0 saturated carbocycles. The number of hydrogen-bond acceptors (Lipinski definition) is 3. The van der Waals surface area contributed by atoms with Gasteiger partial charge in [0.15, 0.2) is 0 Å². The molecule has 0 fully saturated rings. The van der Waals surface area contributed by atoms with E-state index in [9.17, 15) is 5.11 Å². The minimum Gasteiger partial charge on any atom is -0.505 e. The summed E-state index contributed by atoms with van der Waals surface area (Å²) < 4.78 is 0. The van der Waals surface area contributed by atoms with Crippen LogP contribution in [0.3, 0.4) is 0 Å². The van der Waals surface area contributed by atoms with Crippen molar-refractivity contribution < 1.29 is 10.1 Å². The fourth-order valence-electron chi connectivity index (χ4n) is 3.67. The van der Waals surface area contributed by atoms with Crippen LogP contribution in [-0.2, 0) is 5.41 Å². The summed E-state index contributed by atoms with van der Waals surface area (Å²) in [6, 6.07) is 22.2. The second kappa shape index (κ2) is 7.79. The molecule has 4 aromatic rings. The molecule has 3 N–H and O–H groups in total. The van der Waals surface area contributed by atoms with Crippen LogP contribution in [0.4, 0.5) is 5.82 Å². The van der Waals surface area contributed by atoms with Gasteiger partial charge >= 0.3 is 0 Å². The van der Waals surface area contributed by atoms with Gasteiger partial charge in [0.05, 0.1) is 6.20 Å². The highest BCUT2D eigenvalue weighted by molar-refractivity contribution is 5.86. The maximum absolute atomic E-state index is 11.2. The third kappa shape index (κ3) is 3.99. The summed E-state index contributed by atoms with van der Waals surface area (Å²) >= 11 is 0. The number of nitrogens with one attached hydrogen (secondary N) is 2. The van der Waals surface area contributed by atoms with E-state index in [1.54, 1.807) is 0 Å². The molecular weight excluding hydrogens is 370 g/mol. The lowest BCUT2D eigenvalue weighted by Gasteiger charge is -2.21. The second-order valence-corrected chi connectivity index (χ2v) is 8.75. The number of nitrogens with zero attached hydrogens (tertiary/aromatic N) is 1. The molecule has 2 aromatic heterocycles. The molecule has 0 aliphatic carbocycles. The Labute approximate surface area is 177 Å². The van der Waals surface area contributed by atoms with Gasteiger partial charge in [-0.15, -0.1) is 0 Å². The van der Waals surface area contributed by atoms with E-state index in [1.807, 2.05) is 55.6 Å². The zero-order chi connectivity index (χ0) is 21.3. The molecule has 0 amide bonds. The molecule has 0 aliphatic heterocycles. The Morgan fingerprint density at radius 2 is 1.67 bits per heavy atom. The standard InChI is InChI=1S/C26H27N3O/c1-17-8-9-19-12-15-21(25(30)24(19)28-17)23(29-22-7-5-6-16-27-22)18-10-13-20(14-11-18)26(2,3)4/h5-16,23,30H,1-4H3,(H,27,29)/p+1/t23-/m0/s1. The Hall–Kier alpha value is -3.40. The van der Waals surface area contributed by atoms with Crippen molar-refractivity contribution in [2.75, 3.05) is 5.32 Å². The predicted octanol–water partition coefficient (Wildman–Crippen LogP) is 5.56. The van der Waals surface area contributed by atoms with Gasteiger partial charge in [0.1, 0.15) is 17.3 Å². The summed E-state index contributed by atoms with van der Waals surface area (Å²) in [5.74, 6) is 1.09. The molecule has 4 nitrogen and oxygen atoms in total. The molecule has 0 spiro atoms. The number of hydrogen-bond donors (Lipinski definition) is 2. The van der Waals surface area contributed by atoms with E-state index in [1.165, 1.54) is 5.56 Å². The highest BCUT2D eigenvalue weighted by Gasteiger charge is 2.25. The Balaban J connectivity index is 1.83. The van der Waals surface area contributed by atoms with Gasteiger partial charge < -0.3 is 5.11 Å². The van der Waals surface area contributed by atoms with Crippen LogP contribution in [-0.4, -0.2) is 10.1 Å². The summed E-state index contributed by atoms with van der Waals surface area (Å²) in [7, 11) is 0. The van der Waals surface area contributed by atoms with Crippen molar-refractivity contribution in [3.05, 3.63) is 95.3 Å². The first-order valence-corrected chi connectivity index (χ1v) is 10.3. The summed E-state index contributed by atoms with van der Waals surface area (Å²) in [6.45, 7) is 8.56. The molecular formula is C26H28N3O+. The molecule has 1 atom stereocenters. The third-order valence-corrected chi connectivity index (χ3v) is 5.44. The number of phenolic OH excluding ortho intramolecular Hbond substituents is 1. The van der Waals surface area contributed by atoms with Crippen LogP contribution in [0.1, 0.15) is 49.2 Å². The van der Waals surface area contributed by atoms with E-state index in [0.29, 0.717) is 5.52 Å². The van der Waals surface area contributed by atoms with Gasteiger partial charge in [-0.2, -0.15) is 0 Å². The molecule has 30 heavy (non-hydrogen) atoms. The minimum absolute atomic E-state index is 0.0845. The first-order chi connectivity index (χ1) is 14.3. The monoisotopic (exact) mass is 398 g/mol. The molecule has 2 heterocycles. The number of fused-ring (bicyclic) bond motifs is 1. The summed E-state index contributed by atoms with van der Waals surface area (Å²) in [5, 5.41) is 15.6. The van der Waals surface area contributed by atoms with E-state index in [0.717, 1.165) is 28.0 Å². The number of aromatic amines is 1. The quantitative estimate of drug-likeness (QED) is 0.473. The van der Waals surface area contributed by atoms with Gasteiger partial charge in [-0.25, -0.2) is 9.97 Å². The van der Waals surface area contributed by atoms with Gasteiger partial charge in [-0.05, 0) is 36.1 Å². The molecule has 152 valence electrons. The maximum Gasteiger partial charge on any atom is 0.272 e. The van der Waals surface area contributed by atoms with Crippen molar-refractivity contribution in [1.29, 1.82) is 0 Å². The lowest BCUT2D eigenvalue weighted by Crippen LogP contribution is -2.19. The van der Waals surface area contributed by atoms with E-state index in [4.69, 9.17) is 0 Å². The minimum atomic E-state index is -0.232. The number of benzene rings is 2. The van der Waals surface area contributed by atoms with E-state index in [2.05, 4.69) is 60.3 Å². The van der Waals surface area contributed by atoms with Crippen LogP contribution in [0.15, 0.2) is 72.9 Å². The van der Waals surface area contributed by atoms with Crippen LogP contribution < -0.4 is 10.3 Å². The Bertz CT molecular complexity index is 1160. The van der Waals surface area contributed by atoms with Crippen molar-refractivity contribution in [2.24, 2.45) is 0 Å². The SMILES string of the molecule is Cc1ccc2ccc([C@@H](Nc3cccc[nH+]3)c3ccc(C(C)(C)C)cc3)c(O)c2n1. The highest BCUT2D eigenvalue weighted by atomic mass is 16.3. The fraction of sp³-hybridized carbons (Fsp3) is 0.231. The van der Waals surface area contributed by atoms with Crippen molar-refractivity contribution >= 4 is 16.7 Å². The van der Waals surface area contributed by atoms with Crippen LogP contribution in [0, 0.1) is 6.92 Å². The molecule has 0 aliphatic rings. The number of anilines is 1. The Kier molecular flexibility index (Phi) is 5.17. The lowest BCUT2D eigenvalue weighted by molar-refractivity contribution is -0.361. The first kappa shape index (κ1) is 19.9. The summed E-state index contributed by atoms with van der Waals surface area (Å²) in [4.78, 5) is 7.81. The third-order valence-electron chi connectivity index (χ3n) is 5.44. The molecule has 4 rings (SSSR count). The predicted molar refractivity (Wildman–Crippen MR) is 122 cm³/mol. The number of aromatic hydroxyl groups is 1. The molecule has 2 aromatic carbocycles. The number of H-pyrrole nitrogens is 1. The average molecular weight is 399 g/mol. The highest BCUT2D eigenvalue weighted by Crippen LogP contribution is 2.36. The lowest BCUT2D eigenvalue weighted by atomic mass is 9.85. The summed E-state index contributed by atoms with van der Waals surface area (Å²) in [6.07, 6.45) is 1.88. The van der Waals surface area contributed by atoms with E-state index in [-0.39, 0.29) is 17.2 Å². The van der Waals surface area contributed by atoms with Crippen LogP contribution >= 0.6 is 0 Å². The second-order valence-electron chi connectivity index (χ2n) is 8.75. The molecule has 4 heteroatoms. The van der Waals surface area contributed by atoms with E-state index >= 15 is 0 Å². The van der Waals surface area contributed by atoms with Gasteiger partial charge in [-0.1, -0.05) is 63.2 Å². The van der Waals surface area contributed by atoms with Crippen LogP contribution in [0.5, 0.6) is 5.75 Å². The number of aromatic nitrogens is 2. The molecule has 0 radical (unpaired) electrons. The van der Waals surface area contributed by atoms with Crippen molar-refractivity contribution in [2.45, 2.75) is 39.2 Å². The van der Waals surface area contributed by atoms with Crippen molar-refractivity contribution in [3.8, 4) is 5.75 Å². The zero-order valence-electron chi connectivity index (χ0n) is 17.9. The van der Waals surface area contributed by atoms with Gasteiger partial charge in [0, 0.05) is 28.3 Å². The number of pyridine rings is 2. The largest absolute Gasteiger partial charge is 0.505 e.